The molecule has 5 nitrogen and oxygen atoms in total. The van der Waals surface area contributed by atoms with Crippen LogP contribution in [-0.2, 0) is 9.08 Å². The van der Waals surface area contributed by atoms with Crippen LogP contribution in [0.4, 0.5) is 5.69 Å². The number of hydroxylamine groups is 1. The van der Waals surface area contributed by atoms with E-state index in [4.69, 9.17) is 9.49 Å². The van der Waals surface area contributed by atoms with Gasteiger partial charge in [0, 0.05) is 11.0 Å². The molecule has 0 unspecified atom stereocenters. The second-order valence-electron chi connectivity index (χ2n) is 4.02. The maximum atomic E-state index is 10.9. The Labute approximate surface area is 126 Å². The molecule has 0 aliphatic carbocycles. The first-order chi connectivity index (χ1) is 10.3. The van der Waals surface area contributed by atoms with E-state index in [-0.39, 0.29) is 0 Å². The van der Waals surface area contributed by atoms with Gasteiger partial charge in [0.05, 0.1) is 17.7 Å². The number of para-hydroxylation sites is 1. The maximum absolute atomic E-state index is 10.9. The lowest BCUT2D eigenvalue weighted by molar-refractivity contribution is -0.124. The quantitative estimate of drug-likeness (QED) is 0.331. The molecule has 0 bridgehead atoms. The van der Waals surface area contributed by atoms with E-state index >= 15 is 0 Å². The van der Waals surface area contributed by atoms with Crippen molar-refractivity contribution >= 4 is 29.7 Å². The molecule has 3 N–H and O–H groups in total. The van der Waals surface area contributed by atoms with Crippen molar-refractivity contribution in [2.75, 3.05) is 5.48 Å². The second-order valence-corrected chi connectivity index (χ2v) is 4.82. The van der Waals surface area contributed by atoms with Crippen LogP contribution in [0.1, 0.15) is 5.56 Å². The lowest BCUT2D eigenvalue weighted by atomic mass is 10.2. The van der Waals surface area contributed by atoms with Crippen LogP contribution in [0.5, 0.6) is 0 Å². The summed E-state index contributed by atoms with van der Waals surface area (Å²) in [7, 11) is 0. The van der Waals surface area contributed by atoms with Crippen LogP contribution >= 0.6 is 12.0 Å². The highest BCUT2D eigenvalue weighted by molar-refractivity contribution is 7.94. The summed E-state index contributed by atoms with van der Waals surface area (Å²) in [6.45, 7) is 0. The average Bonchev–Trinajstić information content (AvgIpc) is 2.54. The third-order valence-electron chi connectivity index (χ3n) is 2.47. The molecule has 0 aliphatic rings. The number of carbonyl (C=O) groups is 1. The molecule has 0 aliphatic heterocycles. The number of hydrogen-bond acceptors (Lipinski definition) is 5. The van der Waals surface area contributed by atoms with Crippen molar-refractivity contribution in [2.24, 2.45) is 0 Å². The van der Waals surface area contributed by atoms with Crippen LogP contribution in [-0.4, -0.2) is 11.1 Å². The fourth-order valence-electron chi connectivity index (χ4n) is 1.50. The van der Waals surface area contributed by atoms with Gasteiger partial charge in [0.15, 0.2) is 0 Å². The number of benzene rings is 2. The molecular weight excluding hydrogens is 288 g/mol. The fraction of sp³-hybridized carbons (Fsp3) is 0. The van der Waals surface area contributed by atoms with Crippen molar-refractivity contribution < 1.29 is 14.3 Å². The fourth-order valence-corrected chi connectivity index (χ4v) is 2.05. The highest BCUT2D eigenvalue weighted by Crippen LogP contribution is 2.21. The van der Waals surface area contributed by atoms with E-state index in [1.54, 1.807) is 6.08 Å². The summed E-state index contributed by atoms with van der Waals surface area (Å²) >= 11 is 1.17. The van der Waals surface area contributed by atoms with Gasteiger partial charge in [-0.1, -0.05) is 30.3 Å². The van der Waals surface area contributed by atoms with Gasteiger partial charge in [0.1, 0.15) is 0 Å². The molecule has 0 radical (unpaired) electrons. The third kappa shape index (κ3) is 5.31. The van der Waals surface area contributed by atoms with E-state index in [0.29, 0.717) is 0 Å². The molecule has 6 heteroatoms. The Morgan fingerprint density at radius 3 is 2.71 bits per heavy atom. The Hall–Kier alpha value is -2.28. The van der Waals surface area contributed by atoms with E-state index in [9.17, 15) is 4.79 Å². The van der Waals surface area contributed by atoms with E-state index in [0.717, 1.165) is 16.1 Å². The molecule has 2 aromatic rings. The van der Waals surface area contributed by atoms with Crippen LogP contribution < -0.4 is 11.0 Å². The molecule has 0 atom stereocenters. The lowest BCUT2D eigenvalue weighted by Gasteiger charge is -2.05. The van der Waals surface area contributed by atoms with E-state index in [2.05, 4.69) is 5.48 Å². The van der Waals surface area contributed by atoms with Crippen molar-refractivity contribution in [3.63, 3.8) is 0 Å². The van der Waals surface area contributed by atoms with Gasteiger partial charge >= 0.3 is 0 Å². The molecule has 1 amide bonds. The van der Waals surface area contributed by atoms with Gasteiger partial charge in [-0.25, -0.2) is 5.48 Å². The molecule has 0 aromatic heterocycles. The Morgan fingerprint density at radius 1 is 1.14 bits per heavy atom. The standard InChI is InChI=1S/C15H14N2O3S/c18-15(16-19)10-9-12-5-4-8-14(11-12)21-20-17-13-6-2-1-3-7-13/h1-11,17,19H,(H,16,18)/b10-9+. The minimum atomic E-state index is -0.574. The monoisotopic (exact) mass is 302 g/mol. The first-order valence-corrected chi connectivity index (χ1v) is 6.89. The molecule has 0 spiro atoms. The van der Waals surface area contributed by atoms with Crippen molar-refractivity contribution in [1.29, 1.82) is 0 Å². The molecule has 0 saturated carbocycles. The Balaban J connectivity index is 1.89. The van der Waals surface area contributed by atoms with Crippen molar-refractivity contribution in [1.82, 2.24) is 5.48 Å². The molecule has 0 fully saturated rings. The molecular formula is C15H14N2O3S. The van der Waals surface area contributed by atoms with Gasteiger partial charge < -0.3 is 0 Å². The Bertz CT molecular complexity index is 617. The molecule has 2 rings (SSSR count). The van der Waals surface area contributed by atoms with Crippen LogP contribution in [0.15, 0.2) is 65.6 Å². The molecule has 2 aromatic carbocycles. The van der Waals surface area contributed by atoms with Crippen LogP contribution in [0.2, 0.25) is 0 Å². The van der Waals surface area contributed by atoms with E-state index < -0.39 is 5.91 Å². The molecule has 0 heterocycles. The van der Waals surface area contributed by atoms with Crippen molar-refractivity contribution in [3.8, 4) is 0 Å². The smallest absolute Gasteiger partial charge is 0.267 e. The van der Waals surface area contributed by atoms with Crippen LogP contribution in [0, 0.1) is 0 Å². The lowest BCUT2D eigenvalue weighted by Crippen LogP contribution is -2.14. The van der Waals surface area contributed by atoms with Crippen molar-refractivity contribution in [3.05, 3.63) is 66.2 Å². The van der Waals surface area contributed by atoms with Crippen LogP contribution in [0.25, 0.3) is 6.08 Å². The minimum absolute atomic E-state index is 0.574. The number of anilines is 1. The Kier molecular flexibility index (Phi) is 5.83. The summed E-state index contributed by atoms with van der Waals surface area (Å²) in [6.07, 6.45) is 2.84. The molecule has 108 valence electrons. The van der Waals surface area contributed by atoms with E-state index in [1.165, 1.54) is 23.6 Å². The normalized spacial score (nSPS) is 10.5. The second kappa shape index (κ2) is 8.11. The summed E-state index contributed by atoms with van der Waals surface area (Å²) in [5.41, 5.74) is 6.04. The number of amides is 1. The largest absolute Gasteiger partial charge is 0.288 e. The van der Waals surface area contributed by atoms with Crippen molar-refractivity contribution in [2.45, 2.75) is 4.90 Å². The zero-order valence-corrected chi connectivity index (χ0v) is 11.8. The summed E-state index contributed by atoms with van der Waals surface area (Å²) in [4.78, 5) is 11.8. The predicted octanol–water partition coefficient (Wildman–Crippen LogP) is 3.26. The number of hydrogen-bond donors (Lipinski definition) is 3. The van der Waals surface area contributed by atoms with Gasteiger partial charge in [0.25, 0.3) is 5.91 Å². The average molecular weight is 302 g/mol. The van der Waals surface area contributed by atoms with Crippen LogP contribution in [0.3, 0.4) is 0 Å². The number of nitrogens with one attached hydrogen (secondary N) is 2. The van der Waals surface area contributed by atoms with E-state index in [1.807, 2.05) is 54.6 Å². The van der Waals surface area contributed by atoms with Gasteiger partial charge in [0.2, 0.25) is 0 Å². The first kappa shape index (κ1) is 15.1. The summed E-state index contributed by atoms with van der Waals surface area (Å²) in [6, 6.07) is 17.0. The third-order valence-corrected chi connectivity index (χ3v) is 3.08. The summed E-state index contributed by atoms with van der Waals surface area (Å²) < 4.78 is 5.33. The number of carbonyl (C=O) groups excluding carboxylic acids is 1. The molecule has 0 saturated heterocycles. The topological polar surface area (TPSA) is 70.6 Å². The van der Waals surface area contributed by atoms with Gasteiger partial charge in [-0.3, -0.25) is 15.5 Å². The Morgan fingerprint density at radius 2 is 1.95 bits per heavy atom. The number of rotatable bonds is 6. The summed E-state index contributed by atoms with van der Waals surface area (Å²) in [5.74, 6) is -0.574. The SMILES string of the molecule is O=C(/C=C/c1cccc(SONc2ccccc2)c1)NO. The highest BCUT2D eigenvalue weighted by atomic mass is 32.2. The zero-order valence-electron chi connectivity index (χ0n) is 11.0. The molecule has 21 heavy (non-hydrogen) atoms. The van der Waals surface area contributed by atoms with Gasteiger partial charge in [-0.2, -0.15) is 4.28 Å². The highest BCUT2D eigenvalue weighted by Gasteiger charge is 1.98. The van der Waals surface area contributed by atoms with Gasteiger partial charge in [-0.05, 0) is 35.9 Å². The zero-order chi connectivity index (χ0) is 14.9. The van der Waals surface area contributed by atoms with Gasteiger partial charge in [-0.15, -0.1) is 0 Å². The minimum Gasteiger partial charge on any atom is -0.288 e. The first-order valence-electron chi connectivity index (χ1n) is 6.15. The maximum Gasteiger partial charge on any atom is 0.267 e. The summed E-state index contributed by atoms with van der Waals surface area (Å²) in [5, 5.41) is 8.41. The predicted molar refractivity (Wildman–Crippen MR) is 82.4 cm³/mol.